The zero-order valence-electron chi connectivity index (χ0n) is 20.2. The Morgan fingerprint density at radius 2 is 1.59 bits per heavy atom. The molecule has 4 nitrogen and oxygen atoms in total. The van der Waals surface area contributed by atoms with Crippen LogP contribution in [0.5, 0.6) is 5.75 Å². The van der Waals surface area contributed by atoms with E-state index in [9.17, 15) is 23.1 Å². The minimum absolute atomic E-state index is 0.182. The van der Waals surface area contributed by atoms with Crippen molar-refractivity contribution < 1.29 is 27.8 Å². The van der Waals surface area contributed by atoms with E-state index < -0.39 is 17.8 Å². The van der Waals surface area contributed by atoms with E-state index in [4.69, 9.17) is 4.74 Å². The number of alkyl halides is 3. The fraction of sp³-hybridized carbons (Fsp3) is 0.167. The molecule has 0 spiro atoms. The number of benzene rings is 5. The van der Waals surface area contributed by atoms with Crippen LogP contribution in [0.1, 0.15) is 22.8 Å². The summed E-state index contributed by atoms with van der Waals surface area (Å²) in [6.07, 6.45) is -4.43. The number of ether oxygens (including phenoxy) is 1. The zero-order valence-corrected chi connectivity index (χ0v) is 20.2. The molecule has 1 amide bonds. The number of aliphatic hydroxyl groups excluding tert-OH is 1. The molecule has 0 bridgehead atoms. The number of carbonyl (C=O) groups is 1. The molecule has 5 aromatic carbocycles. The van der Waals surface area contributed by atoms with Gasteiger partial charge in [0.2, 0.25) is 0 Å². The number of halogens is 3. The van der Waals surface area contributed by atoms with E-state index in [1.165, 1.54) is 12.1 Å². The molecule has 5 aromatic rings. The molecule has 0 aliphatic rings. The molecule has 5 rings (SSSR count). The van der Waals surface area contributed by atoms with Gasteiger partial charge in [-0.1, -0.05) is 30.3 Å². The van der Waals surface area contributed by atoms with Gasteiger partial charge in [0.25, 0.3) is 5.91 Å². The Labute approximate surface area is 211 Å². The molecule has 1 unspecified atom stereocenters. The van der Waals surface area contributed by atoms with E-state index in [2.05, 4.69) is 5.32 Å². The second-order valence-corrected chi connectivity index (χ2v) is 9.07. The van der Waals surface area contributed by atoms with Gasteiger partial charge in [-0.05, 0) is 93.5 Å². The van der Waals surface area contributed by atoms with Gasteiger partial charge in [0.05, 0.1) is 19.3 Å². The highest BCUT2D eigenvalue weighted by Crippen LogP contribution is 2.41. The first-order chi connectivity index (χ1) is 17.7. The standard InChI is InChI=1S/C30H24F3NO3/c1-17(16-35)34-29(36)20-8-11-24-21(13-20)14-22-12-19-4-3-5-27(37-2)25(19)15-26(22)28(24)18-6-9-23(10-7-18)30(31,32)33/h3-15,17,35H,16H2,1-2H3,(H,34,36). The summed E-state index contributed by atoms with van der Waals surface area (Å²) in [5, 5.41) is 17.2. The van der Waals surface area contributed by atoms with Crippen LogP contribution in [-0.4, -0.2) is 30.8 Å². The number of nitrogens with one attached hydrogen (secondary N) is 1. The summed E-state index contributed by atoms with van der Waals surface area (Å²) in [7, 11) is 1.60. The largest absolute Gasteiger partial charge is 0.496 e. The summed E-state index contributed by atoms with van der Waals surface area (Å²) in [4.78, 5) is 12.7. The summed E-state index contributed by atoms with van der Waals surface area (Å²) in [6, 6.07) is 21.7. The molecule has 2 N–H and O–H groups in total. The highest BCUT2D eigenvalue weighted by molar-refractivity contribution is 6.17. The highest BCUT2D eigenvalue weighted by Gasteiger charge is 2.30. The van der Waals surface area contributed by atoms with Gasteiger partial charge in [0.15, 0.2) is 0 Å². The van der Waals surface area contributed by atoms with Crippen molar-refractivity contribution in [1.29, 1.82) is 0 Å². The molecule has 1 atom stereocenters. The zero-order chi connectivity index (χ0) is 26.3. The van der Waals surface area contributed by atoms with E-state index in [1.807, 2.05) is 42.5 Å². The summed E-state index contributed by atoms with van der Waals surface area (Å²) in [5.41, 5.74) is 1.10. The molecule has 37 heavy (non-hydrogen) atoms. The quantitative estimate of drug-likeness (QED) is 0.255. The Morgan fingerprint density at radius 1 is 0.892 bits per heavy atom. The first kappa shape index (κ1) is 24.6. The topological polar surface area (TPSA) is 58.6 Å². The van der Waals surface area contributed by atoms with Crippen LogP contribution in [0.15, 0.2) is 78.9 Å². The molecule has 7 heteroatoms. The fourth-order valence-electron chi connectivity index (χ4n) is 4.68. The number of amides is 1. The second kappa shape index (κ2) is 9.41. The van der Waals surface area contributed by atoms with Gasteiger partial charge in [0.1, 0.15) is 5.75 Å². The maximum absolute atomic E-state index is 13.3. The van der Waals surface area contributed by atoms with Gasteiger partial charge in [-0.2, -0.15) is 13.2 Å². The maximum Gasteiger partial charge on any atom is 0.416 e. The Bertz CT molecular complexity index is 1640. The van der Waals surface area contributed by atoms with Gasteiger partial charge in [-0.25, -0.2) is 0 Å². The SMILES string of the molecule is COc1cccc2cc3cc4cc(C(=O)NC(C)CO)ccc4c(-c4ccc(C(F)(F)F)cc4)c3cc12. The molecule has 0 heterocycles. The molecule has 0 aliphatic heterocycles. The lowest BCUT2D eigenvalue weighted by atomic mass is 9.89. The average molecular weight is 504 g/mol. The van der Waals surface area contributed by atoms with Crippen molar-refractivity contribution in [3.05, 3.63) is 90.0 Å². The third-order valence-electron chi connectivity index (χ3n) is 6.55. The molecule has 0 aliphatic carbocycles. The average Bonchev–Trinajstić information content (AvgIpc) is 2.89. The Hall–Kier alpha value is -4.10. The van der Waals surface area contributed by atoms with Gasteiger partial charge >= 0.3 is 6.18 Å². The molecule has 0 aromatic heterocycles. The van der Waals surface area contributed by atoms with Gasteiger partial charge in [0, 0.05) is 17.0 Å². The first-order valence-corrected chi connectivity index (χ1v) is 11.8. The van der Waals surface area contributed by atoms with Crippen molar-refractivity contribution in [3.63, 3.8) is 0 Å². The summed E-state index contributed by atoms with van der Waals surface area (Å²) < 4.78 is 45.3. The minimum Gasteiger partial charge on any atom is -0.496 e. The lowest BCUT2D eigenvalue weighted by Gasteiger charge is -2.16. The first-order valence-electron chi connectivity index (χ1n) is 11.8. The predicted octanol–water partition coefficient (Wildman–Crippen LogP) is 6.95. The number of hydrogen-bond donors (Lipinski definition) is 2. The van der Waals surface area contributed by atoms with Crippen LogP contribution >= 0.6 is 0 Å². The number of fused-ring (bicyclic) bond motifs is 3. The van der Waals surface area contributed by atoms with E-state index in [-0.39, 0.29) is 12.5 Å². The van der Waals surface area contributed by atoms with Crippen molar-refractivity contribution >= 4 is 38.2 Å². The van der Waals surface area contributed by atoms with Crippen molar-refractivity contribution in [1.82, 2.24) is 5.32 Å². The van der Waals surface area contributed by atoms with Crippen molar-refractivity contribution in [2.24, 2.45) is 0 Å². The molecule has 0 saturated carbocycles. The van der Waals surface area contributed by atoms with E-state index in [1.54, 1.807) is 26.2 Å². The summed E-state index contributed by atoms with van der Waals surface area (Å²) in [5.74, 6) is 0.380. The Kier molecular flexibility index (Phi) is 6.25. The number of aliphatic hydroxyl groups is 1. The van der Waals surface area contributed by atoms with Crippen LogP contribution in [0.25, 0.3) is 43.4 Å². The Morgan fingerprint density at radius 3 is 2.27 bits per heavy atom. The second-order valence-electron chi connectivity index (χ2n) is 9.07. The third-order valence-corrected chi connectivity index (χ3v) is 6.55. The number of rotatable bonds is 5. The Balaban J connectivity index is 1.80. The molecular formula is C30H24F3NO3. The van der Waals surface area contributed by atoms with Crippen LogP contribution in [0, 0.1) is 0 Å². The van der Waals surface area contributed by atoms with Crippen molar-refractivity contribution in [2.75, 3.05) is 13.7 Å². The smallest absolute Gasteiger partial charge is 0.416 e. The molecule has 0 saturated heterocycles. The number of methoxy groups -OCH3 is 1. The number of carbonyl (C=O) groups excluding carboxylic acids is 1. The van der Waals surface area contributed by atoms with Gasteiger partial charge < -0.3 is 15.2 Å². The monoisotopic (exact) mass is 503 g/mol. The van der Waals surface area contributed by atoms with E-state index in [0.717, 1.165) is 50.0 Å². The lowest BCUT2D eigenvalue weighted by Crippen LogP contribution is -2.34. The maximum atomic E-state index is 13.3. The molecule has 188 valence electrons. The van der Waals surface area contributed by atoms with Crippen molar-refractivity contribution in [2.45, 2.75) is 19.1 Å². The highest BCUT2D eigenvalue weighted by atomic mass is 19.4. The van der Waals surface area contributed by atoms with Gasteiger partial charge in [-0.15, -0.1) is 0 Å². The van der Waals surface area contributed by atoms with Crippen LogP contribution in [0.2, 0.25) is 0 Å². The molecule has 0 radical (unpaired) electrons. The summed E-state index contributed by atoms with van der Waals surface area (Å²) >= 11 is 0. The predicted molar refractivity (Wildman–Crippen MR) is 140 cm³/mol. The number of hydrogen-bond acceptors (Lipinski definition) is 3. The van der Waals surface area contributed by atoms with Crippen LogP contribution < -0.4 is 10.1 Å². The lowest BCUT2D eigenvalue weighted by molar-refractivity contribution is -0.137. The van der Waals surface area contributed by atoms with Gasteiger partial charge in [-0.3, -0.25) is 4.79 Å². The van der Waals surface area contributed by atoms with E-state index >= 15 is 0 Å². The fourth-order valence-corrected chi connectivity index (χ4v) is 4.68. The van der Waals surface area contributed by atoms with Crippen LogP contribution in [-0.2, 0) is 6.18 Å². The molecule has 0 fully saturated rings. The molecular weight excluding hydrogens is 479 g/mol. The third kappa shape index (κ3) is 4.58. The van der Waals surface area contributed by atoms with Crippen molar-refractivity contribution in [3.8, 4) is 16.9 Å². The van der Waals surface area contributed by atoms with Crippen LogP contribution in [0.4, 0.5) is 13.2 Å². The normalized spacial score (nSPS) is 12.7. The van der Waals surface area contributed by atoms with Crippen LogP contribution in [0.3, 0.4) is 0 Å². The summed E-state index contributed by atoms with van der Waals surface area (Å²) in [6.45, 7) is 1.52. The van der Waals surface area contributed by atoms with E-state index in [0.29, 0.717) is 16.9 Å². The minimum atomic E-state index is -4.43.